The molecule has 1 aromatic carbocycles. The van der Waals surface area contributed by atoms with Gasteiger partial charge in [0.2, 0.25) is 0 Å². The lowest BCUT2D eigenvalue weighted by Crippen LogP contribution is -2.36. The fourth-order valence-electron chi connectivity index (χ4n) is 2.53. The number of thiophene rings is 1. The van der Waals surface area contributed by atoms with Gasteiger partial charge in [0.1, 0.15) is 0 Å². The Balaban J connectivity index is 2.02. The van der Waals surface area contributed by atoms with Crippen LogP contribution in [0.25, 0.3) is 0 Å². The van der Waals surface area contributed by atoms with E-state index in [0.717, 1.165) is 16.9 Å². The van der Waals surface area contributed by atoms with Crippen molar-refractivity contribution in [1.82, 2.24) is 0 Å². The first kappa shape index (κ1) is 15.5. The Morgan fingerprint density at radius 2 is 2.05 bits per heavy atom. The average Bonchev–Trinajstić information content (AvgIpc) is 2.99. The molecule has 1 aromatic heterocycles. The topological polar surface area (TPSA) is 66.4 Å². The molecule has 2 N–H and O–H groups in total. The molecule has 4 nitrogen and oxygen atoms in total. The summed E-state index contributed by atoms with van der Waals surface area (Å²) in [7, 11) is 0. The Hall–Kier alpha value is -1.40. The van der Waals surface area contributed by atoms with E-state index < -0.39 is 11.5 Å². The number of aliphatic hydroxyl groups is 1. The number of nitrogens with one attached hydrogen (secondary N) is 1. The van der Waals surface area contributed by atoms with Gasteiger partial charge in [-0.3, -0.25) is 9.59 Å². The molecule has 22 heavy (non-hydrogen) atoms. The van der Waals surface area contributed by atoms with Gasteiger partial charge in [-0.15, -0.1) is 11.3 Å². The van der Waals surface area contributed by atoms with Crippen LogP contribution in [0.15, 0.2) is 24.3 Å². The summed E-state index contributed by atoms with van der Waals surface area (Å²) in [6, 6.07) is 6.52. The van der Waals surface area contributed by atoms with Crippen molar-refractivity contribution in [3.63, 3.8) is 0 Å². The van der Waals surface area contributed by atoms with Crippen LogP contribution in [-0.2, 0) is 10.4 Å². The smallest absolute Gasteiger partial charge is 0.261 e. The maximum Gasteiger partial charge on any atom is 0.261 e. The Morgan fingerprint density at radius 3 is 2.68 bits per heavy atom. The Morgan fingerprint density at radius 1 is 1.32 bits per heavy atom. The third kappa shape index (κ3) is 2.34. The maximum absolute atomic E-state index is 12.3. The van der Waals surface area contributed by atoms with E-state index in [-0.39, 0.29) is 22.8 Å². The monoisotopic (exact) mass is 355 g/mol. The lowest BCUT2D eigenvalue weighted by molar-refractivity contribution is -0.133. The quantitative estimate of drug-likeness (QED) is 0.823. The molecule has 1 aliphatic rings. The maximum atomic E-state index is 12.3. The largest absolute Gasteiger partial charge is 0.375 e. The van der Waals surface area contributed by atoms with E-state index in [1.165, 1.54) is 0 Å². The molecule has 0 saturated carbocycles. The van der Waals surface area contributed by atoms with Gasteiger partial charge in [-0.1, -0.05) is 29.3 Å². The number of Topliss-reactive ketones (excluding diaryl/α,β-unsaturated/α-hetero) is 1. The summed E-state index contributed by atoms with van der Waals surface area (Å²) in [5.74, 6) is -1.00. The van der Waals surface area contributed by atoms with E-state index in [1.54, 1.807) is 31.2 Å². The van der Waals surface area contributed by atoms with E-state index in [1.807, 2.05) is 0 Å². The predicted octanol–water partition coefficient (Wildman–Crippen LogP) is 3.78. The first-order valence-electron chi connectivity index (χ1n) is 6.45. The molecule has 0 saturated heterocycles. The minimum absolute atomic E-state index is 0.249. The number of fused-ring (bicyclic) bond motifs is 1. The summed E-state index contributed by atoms with van der Waals surface area (Å²) in [4.78, 5) is 25.0. The Bertz CT molecular complexity index is 802. The molecule has 1 amide bonds. The molecule has 2 heterocycles. The Labute approximate surface area is 140 Å². The number of ketones is 1. The molecular weight excluding hydrogens is 345 g/mol. The van der Waals surface area contributed by atoms with Crippen molar-refractivity contribution in [1.29, 1.82) is 0 Å². The predicted molar refractivity (Wildman–Crippen MR) is 87.0 cm³/mol. The fraction of sp³-hybridized carbons (Fsp3) is 0.200. The minimum Gasteiger partial charge on any atom is -0.375 e. The van der Waals surface area contributed by atoms with Crippen molar-refractivity contribution < 1.29 is 14.7 Å². The number of benzene rings is 1. The van der Waals surface area contributed by atoms with Crippen LogP contribution in [0.1, 0.15) is 27.2 Å². The van der Waals surface area contributed by atoms with E-state index in [0.29, 0.717) is 14.9 Å². The second kappa shape index (κ2) is 5.35. The van der Waals surface area contributed by atoms with Gasteiger partial charge in [0.15, 0.2) is 11.4 Å². The van der Waals surface area contributed by atoms with Crippen LogP contribution in [0.3, 0.4) is 0 Å². The zero-order chi connectivity index (χ0) is 16.1. The molecule has 0 bridgehead atoms. The number of halogens is 2. The van der Waals surface area contributed by atoms with Crippen molar-refractivity contribution in [2.45, 2.75) is 18.9 Å². The number of anilines is 1. The molecular formula is C15H11Cl2NO3S. The van der Waals surface area contributed by atoms with Crippen molar-refractivity contribution in [3.8, 4) is 0 Å². The van der Waals surface area contributed by atoms with Crippen LogP contribution in [0.4, 0.5) is 5.69 Å². The summed E-state index contributed by atoms with van der Waals surface area (Å²) >= 11 is 13.1. The van der Waals surface area contributed by atoms with Crippen molar-refractivity contribution in [3.05, 3.63) is 49.6 Å². The number of hydrogen-bond donors (Lipinski definition) is 2. The zero-order valence-corrected chi connectivity index (χ0v) is 13.8. The summed E-state index contributed by atoms with van der Waals surface area (Å²) in [6.45, 7) is 1.79. The van der Waals surface area contributed by atoms with Crippen molar-refractivity contribution in [2.24, 2.45) is 0 Å². The minimum atomic E-state index is -1.97. The number of amides is 1. The van der Waals surface area contributed by atoms with E-state index in [4.69, 9.17) is 23.2 Å². The number of carbonyl (C=O) groups is 2. The second-order valence-corrected chi connectivity index (χ2v) is 7.25. The molecule has 114 valence electrons. The molecule has 1 aliphatic heterocycles. The normalized spacial score (nSPS) is 19.9. The van der Waals surface area contributed by atoms with E-state index >= 15 is 0 Å². The van der Waals surface area contributed by atoms with E-state index in [9.17, 15) is 14.7 Å². The van der Waals surface area contributed by atoms with Crippen LogP contribution < -0.4 is 5.32 Å². The highest BCUT2D eigenvalue weighted by molar-refractivity contribution is 7.18. The van der Waals surface area contributed by atoms with Gasteiger partial charge in [-0.25, -0.2) is 0 Å². The summed E-state index contributed by atoms with van der Waals surface area (Å²) < 4.78 is 0.473. The molecule has 0 radical (unpaired) electrons. The highest BCUT2D eigenvalue weighted by Gasteiger charge is 2.48. The van der Waals surface area contributed by atoms with Crippen molar-refractivity contribution >= 4 is 51.9 Å². The van der Waals surface area contributed by atoms with Gasteiger partial charge in [-0.2, -0.15) is 0 Å². The number of hydrogen-bond acceptors (Lipinski definition) is 4. The van der Waals surface area contributed by atoms with Gasteiger partial charge in [0, 0.05) is 10.6 Å². The molecule has 2 aromatic rings. The lowest BCUT2D eigenvalue weighted by atomic mass is 9.88. The third-order valence-electron chi connectivity index (χ3n) is 3.65. The van der Waals surface area contributed by atoms with Gasteiger partial charge in [0.05, 0.1) is 21.3 Å². The van der Waals surface area contributed by atoms with Crippen molar-refractivity contribution in [2.75, 3.05) is 5.32 Å². The molecule has 0 aliphatic carbocycles. The fourth-order valence-corrected chi connectivity index (χ4v) is 3.82. The number of carbonyl (C=O) groups excluding carboxylic acids is 2. The average molecular weight is 356 g/mol. The van der Waals surface area contributed by atoms with Gasteiger partial charge in [-0.05, 0) is 30.7 Å². The lowest BCUT2D eigenvalue weighted by Gasteiger charge is -2.20. The van der Waals surface area contributed by atoms with Crippen LogP contribution in [0, 0.1) is 6.92 Å². The highest BCUT2D eigenvalue weighted by Crippen LogP contribution is 2.45. The number of aryl methyl sites for hydroxylation is 1. The molecule has 1 atom stereocenters. The second-order valence-electron chi connectivity index (χ2n) is 5.13. The summed E-state index contributed by atoms with van der Waals surface area (Å²) in [6.07, 6.45) is -0.383. The third-order valence-corrected chi connectivity index (χ3v) is 5.24. The molecule has 0 fully saturated rings. The SMILES string of the molecule is Cc1ccc(Cl)c2c1NC(=O)C2(O)CC(=O)c1ccc(Cl)s1. The van der Waals surface area contributed by atoms with Gasteiger partial charge in [0.25, 0.3) is 5.91 Å². The molecule has 1 unspecified atom stereocenters. The molecule has 0 spiro atoms. The van der Waals surface area contributed by atoms with Crippen LogP contribution >= 0.6 is 34.5 Å². The van der Waals surface area contributed by atoms with Crippen LogP contribution in [0.2, 0.25) is 9.36 Å². The highest BCUT2D eigenvalue weighted by atomic mass is 35.5. The first-order chi connectivity index (χ1) is 10.3. The Kier molecular flexibility index (Phi) is 3.77. The zero-order valence-electron chi connectivity index (χ0n) is 11.4. The number of rotatable bonds is 3. The van der Waals surface area contributed by atoms with E-state index in [2.05, 4.69) is 5.32 Å². The van der Waals surface area contributed by atoms with Crippen LogP contribution in [0.5, 0.6) is 0 Å². The van der Waals surface area contributed by atoms with Gasteiger partial charge >= 0.3 is 0 Å². The molecule has 7 heteroatoms. The van der Waals surface area contributed by atoms with Gasteiger partial charge < -0.3 is 10.4 Å². The first-order valence-corrected chi connectivity index (χ1v) is 8.02. The summed E-state index contributed by atoms with van der Waals surface area (Å²) in [5, 5.41) is 13.7. The standard InChI is InChI=1S/C15H11Cl2NO3S/c1-7-2-3-8(16)12-13(7)18-14(20)15(12,21)6-9(19)10-4-5-11(17)22-10/h2-5,21H,6H2,1H3,(H,18,20). The van der Waals surface area contributed by atoms with Crippen LogP contribution in [-0.4, -0.2) is 16.8 Å². The summed E-state index contributed by atoms with van der Waals surface area (Å²) in [5.41, 5.74) is -0.464. The molecule has 3 rings (SSSR count).